The van der Waals surface area contributed by atoms with Crippen molar-refractivity contribution in [3.63, 3.8) is 0 Å². The first-order valence-corrected chi connectivity index (χ1v) is 13.6. The van der Waals surface area contributed by atoms with Crippen molar-refractivity contribution in [2.75, 3.05) is 13.7 Å². The Labute approximate surface area is 228 Å². The van der Waals surface area contributed by atoms with Gasteiger partial charge in [-0.1, -0.05) is 0 Å². The molecule has 198 valence electrons. The number of hydrogen-bond acceptors (Lipinski definition) is 11. The van der Waals surface area contributed by atoms with Crippen molar-refractivity contribution in [3.8, 4) is 17.7 Å². The molecular weight excluding hydrogens is 522 g/mol. The van der Waals surface area contributed by atoms with Crippen molar-refractivity contribution in [2.45, 2.75) is 45.6 Å². The van der Waals surface area contributed by atoms with E-state index < -0.39 is 12.1 Å². The standard InChI is InChI=1S/C26H29N7O3S2/c1-15-9-19(33(31-15)18-5-6-21-24(10-18)38-17(3)30-21)12-35-23-13-36-25(23)22(7-8-34-4)32(28)11-20(27)26-29-16(2)14-37-26/h5-6,9-11,14,22-23,25H,12-13,27-28H2,1-4H3/b20-11-. The quantitative estimate of drug-likeness (QED) is 0.193. The lowest BCUT2D eigenvalue weighted by Gasteiger charge is -2.41. The van der Waals surface area contributed by atoms with Crippen LogP contribution in [-0.2, 0) is 20.8 Å². The summed E-state index contributed by atoms with van der Waals surface area (Å²) in [6.45, 7) is 6.66. The van der Waals surface area contributed by atoms with Gasteiger partial charge in [-0.3, -0.25) is 5.01 Å². The van der Waals surface area contributed by atoms with Gasteiger partial charge in [0.25, 0.3) is 0 Å². The first-order chi connectivity index (χ1) is 18.3. The maximum Gasteiger partial charge on any atom is 0.140 e. The first kappa shape index (κ1) is 26.1. The minimum Gasteiger partial charge on any atom is -0.450 e. The number of methoxy groups -OCH3 is 1. The van der Waals surface area contributed by atoms with Crippen LogP contribution in [0.5, 0.6) is 0 Å². The van der Waals surface area contributed by atoms with Crippen LogP contribution in [0.2, 0.25) is 0 Å². The molecule has 5 rings (SSSR count). The number of rotatable bonds is 8. The molecule has 3 unspecified atom stereocenters. The second-order valence-corrected chi connectivity index (χ2v) is 11.0. The van der Waals surface area contributed by atoms with Crippen LogP contribution in [0.4, 0.5) is 0 Å². The Balaban J connectivity index is 1.31. The van der Waals surface area contributed by atoms with Gasteiger partial charge in [0.05, 0.1) is 58.3 Å². The molecule has 0 amide bonds. The third-order valence-corrected chi connectivity index (χ3v) is 7.93. The summed E-state index contributed by atoms with van der Waals surface area (Å²) in [4.78, 5) is 8.96. The lowest BCUT2D eigenvalue weighted by atomic mass is 10.0. The summed E-state index contributed by atoms with van der Waals surface area (Å²) in [6, 6.07) is 7.63. The Bertz CT molecular complexity index is 1530. The van der Waals surface area contributed by atoms with E-state index in [1.807, 2.05) is 49.0 Å². The normalized spacial score (nSPS) is 18.1. The molecule has 38 heavy (non-hydrogen) atoms. The summed E-state index contributed by atoms with van der Waals surface area (Å²) >= 11 is 3.12. The van der Waals surface area contributed by atoms with Crippen LogP contribution in [0, 0.1) is 32.8 Å². The van der Waals surface area contributed by atoms with Gasteiger partial charge in [-0.25, -0.2) is 20.5 Å². The molecule has 0 aliphatic carbocycles. The van der Waals surface area contributed by atoms with E-state index in [9.17, 15) is 0 Å². The number of nitrogens with two attached hydrogens (primary N) is 2. The van der Waals surface area contributed by atoms with Crippen molar-refractivity contribution in [3.05, 3.63) is 62.9 Å². The fraction of sp³-hybridized carbons (Fsp3) is 0.346. The summed E-state index contributed by atoms with van der Waals surface area (Å²) in [7, 11) is 1.50. The lowest BCUT2D eigenvalue weighted by molar-refractivity contribution is -0.205. The zero-order valence-electron chi connectivity index (χ0n) is 21.5. The predicted octanol–water partition coefficient (Wildman–Crippen LogP) is 3.26. The smallest absolute Gasteiger partial charge is 0.140 e. The molecular formula is C26H29N7O3S2. The van der Waals surface area contributed by atoms with E-state index in [4.69, 9.17) is 30.9 Å². The van der Waals surface area contributed by atoms with E-state index in [1.54, 1.807) is 17.5 Å². The number of thiazole rings is 2. The predicted molar refractivity (Wildman–Crippen MR) is 148 cm³/mol. The van der Waals surface area contributed by atoms with Crippen LogP contribution >= 0.6 is 22.7 Å². The van der Waals surface area contributed by atoms with Crippen molar-refractivity contribution < 1.29 is 14.2 Å². The molecule has 0 saturated carbocycles. The number of ether oxygens (including phenoxy) is 3. The molecule has 1 aliphatic heterocycles. The molecule has 3 aromatic heterocycles. The summed E-state index contributed by atoms with van der Waals surface area (Å²) < 4.78 is 20.2. The van der Waals surface area contributed by atoms with Crippen molar-refractivity contribution in [1.82, 2.24) is 24.8 Å². The van der Waals surface area contributed by atoms with Crippen LogP contribution in [0.1, 0.15) is 27.1 Å². The molecule has 4 aromatic rings. The maximum absolute atomic E-state index is 6.38. The highest BCUT2D eigenvalue weighted by molar-refractivity contribution is 7.18. The van der Waals surface area contributed by atoms with E-state index in [1.165, 1.54) is 23.5 Å². The van der Waals surface area contributed by atoms with E-state index in [0.29, 0.717) is 23.9 Å². The molecule has 12 heteroatoms. The average molecular weight is 552 g/mol. The molecule has 3 atom stereocenters. The minimum atomic E-state index is -0.545. The summed E-state index contributed by atoms with van der Waals surface area (Å²) in [6.07, 6.45) is 3.61. The topological polar surface area (TPSA) is 127 Å². The highest BCUT2D eigenvalue weighted by Gasteiger charge is 2.41. The number of hydrogen-bond donors (Lipinski definition) is 2. The minimum absolute atomic E-state index is 0.232. The first-order valence-electron chi connectivity index (χ1n) is 11.9. The Morgan fingerprint density at radius 2 is 2.13 bits per heavy atom. The van der Waals surface area contributed by atoms with Gasteiger partial charge in [-0.05, 0) is 51.0 Å². The van der Waals surface area contributed by atoms with E-state index in [2.05, 4.69) is 28.1 Å². The third-order valence-electron chi connectivity index (χ3n) is 5.99. The summed E-state index contributed by atoms with van der Waals surface area (Å²) in [5, 5.41) is 9.78. The van der Waals surface area contributed by atoms with Gasteiger partial charge in [0.1, 0.15) is 29.4 Å². The van der Waals surface area contributed by atoms with Gasteiger partial charge in [-0.2, -0.15) is 5.10 Å². The third kappa shape index (κ3) is 5.52. The van der Waals surface area contributed by atoms with Gasteiger partial charge >= 0.3 is 0 Å². The molecule has 4 heterocycles. The highest BCUT2D eigenvalue weighted by Crippen LogP contribution is 2.27. The summed E-state index contributed by atoms with van der Waals surface area (Å²) in [5.74, 6) is 9.38. The van der Waals surface area contributed by atoms with Crippen LogP contribution in [0.15, 0.2) is 35.8 Å². The second-order valence-electron chi connectivity index (χ2n) is 8.94. The van der Waals surface area contributed by atoms with E-state index in [0.717, 1.165) is 38.0 Å². The largest absolute Gasteiger partial charge is 0.450 e. The van der Waals surface area contributed by atoms with E-state index >= 15 is 0 Å². The molecule has 1 aromatic carbocycles. The number of hydrazine groups is 1. The maximum atomic E-state index is 6.38. The number of fused-ring (bicyclic) bond motifs is 1. The van der Waals surface area contributed by atoms with Crippen molar-refractivity contribution >= 4 is 38.6 Å². The van der Waals surface area contributed by atoms with Crippen LogP contribution in [-0.4, -0.2) is 56.7 Å². The fourth-order valence-corrected chi connectivity index (χ4v) is 5.76. The SMILES string of the molecule is COC#CC(C1OCC1OCc1cc(C)nn1-c1ccc2nc(C)sc2c1)N(N)/C=C(\N)c1nc(C)cs1. The molecule has 4 N–H and O–H groups in total. The van der Waals surface area contributed by atoms with Gasteiger partial charge in [0.2, 0.25) is 0 Å². The average Bonchev–Trinajstić information content (AvgIpc) is 3.57. The Hall–Kier alpha value is -3.47. The van der Waals surface area contributed by atoms with Crippen molar-refractivity contribution in [2.24, 2.45) is 11.6 Å². The van der Waals surface area contributed by atoms with Gasteiger partial charge in [0.15, 0.2) is 0 Å². The molecule has 0 radical (unpaired) electrons. The molecule has 0 bridgehead atoms. The number of aromatic nitrogens is 4. The van der Waals surface area contributed by atoms with Gasteiger partial charge in [-0.15, -0.1) is 22.7 Å². The Morgan fingerprint density at radius 3 is 2.84 bits per heavy atom. The second kappa shape index (κ2) is 11.1. The fourth-order valence-electron chi connectivity index (χ4n) is 4.18. The van der Waals surface area contributed by atoms with Gasteiger partial charge in [0, 0.05) is 17.3 Å². The molecule has 1 aliphatic rings. The Kier molecular flexibility index (Phi) is 7.64. The van der Waals surface area contributed by atoms with Crippen LogP contribution in [0.25, 0.3) is 21.6 Å². The number of nitrogens with zero attached hydrogens (tertiary/aromatic N) is 5. The lowest BCUT2D eigenvalue weighted by Crippen LogP contribution is -2.59. The van der Waals surface area contributed by atoms with Crippen LogP contribution < -0.4 is 11.6 Å². The molecule has 0 spiro atoms. The Morgan fingerprint density at radius 1 is 1.29 bits per heavy atom. The van der Waals surface area contributed by atoms with Gasteiger partial charge < -0.3 is 19.9 Å². The molecule has 1 saturated heterocycles. The highest BCUT2D eigenvalue weighted by atomic mass is 32.1. The monoisotopic (exact) mass is 551 g/mol. The zero-order chi connectivity index (χ0) is 26.8. The molecule has 10 nitrogen and oxygen atoms in total. The summed E-state index contributed by atoms with van der Waals surface area (Å²) in [5.41, 5.74) is 11.4. The van der Waals surface area contributed by atoms with Crippen LogP contribution in [0.3, 0.4) is 0 Å². The zero-order valence-corrected chi connectivity index (χ0v) is 23.2. The number of benzene rings is 1. The van der Waals surface area contributed by atoms with Crippen molar-refractivity contribution in [1.29, 1.82) is 0 Å². The molecule has 1 fully saturated rings. The van der Waals surface area contributed by atoms with E-state index in [-0.39, 0.29) is 6.10 Å². The number of aryl methyl sites for hydroxylation is 3.